The van der Waals surface area contributed by atoms with Crippen LogP contribution >= 0.6 is 0 Å². The van der Waals surface area contributed by atoms with Gasteiger partial charge >= 0.3 is 0 Å². The van der Waals surface area contributed by atoms with Gasteiger partial charge in [0.15, 0.2) is 5.78 Å². The van der Waals surface area contributed by atoms with Crippen molar-refractivity contribution in [1.29, 1.82) is 0 Å². The van der Waals surface area contributed by atoms with Crippen LogP contribution in [-0.2, 0) is 9.53 Å². The van der Waals surface area contributed by atoms with Crippen molar-refractivity contribution in [2.24, 2.45) is 0 Å². The Labute approximate surface area is 74.6 Å². The van der Waals surface area contributed by atoms with Gasteiger partial charge in [-0.15, -0.1) is 0 Å². The van der Waals surface area contributed by atoms with Crippen molar-refractivity contribution in [3.05, 3.63) is 12.2 Å². The van der Waals surface area contributed by atoms with Crippen molar-refractivity contribution in [2.45, 2.75) is 39.7 Å². The molecule has 12 heavy (non-hydrogen) atoms. The SMILES string of the molecule is C=C(C)C(=O)C(CCC)OCC. The highest BCUT2D eigenvalue weighted by atomic mass is 16.5. The Bertz CT molecular complexity index is 155. The summed E-state index contributed by atoms with van der Waals surface area (Å²) in [5.41, 5.74) is 0.585. The van der Waals surface area contributed by atoms with Gasteiger partial charge in [0.05, 0.1) is 0 Å². The van der Waals surface area contributed by atoms with Gasteiger partial charge in [0.2, 0.25) is 0 Å². The monoisotopic (exact) mass is 170 g/mol. The number of rotatable bonds is 6. The molecule has 0 spiro atoms. The van der Waals surface area contributed by atoms with Crippen LogP contribution in [0.5, 0.6) is 0 Å². The van der Waals surface area contributed by atoms with E-state index < -0.39 is 0 Å². The fourth-order valence-electron chi connectivity index (χ4n) is 1.03. The van der Waals surface area contributed by atoms with E-state index in [9.17, 15) is 4.79 Å². The first-order valence-corrected chi connectivity index (χ1v) is 4.44. The van der Waals surface area contributed by atoms with Gasteiger partial charge < -0.3 is 4.74 Å². The molecule has 0 radical (unpaired) electrons. The van der Waals surface area contributed by atoms with E-state index in [2.05, 4.69) is 6.58 Å². The second-order valence-electron chi connectivity index (χ2n) is 2.88. The van der Waals surface area contributed by atoms with Gasteiger partial charge in [-0.2, -0.15) is 0 Å². The van der Waals surface area contributed by atoms with E-state index >= 15 is 0 Å². The highest BCUT2D eigenvalue weighted by molar-refractivity contribution is 5.97. The van der Waals surface area contributed by atoms with Crippen LogP contribution in [0.15, 0.2) is 12.2 Å². The Balaban J connectivity index is 4.08. The maximum Gasteiger partial charge on any atom is 0.186 e. The maximum atomic E-state index is 11.4. The smallest absolute Gasteiger partial charge is 0.186 e. The lowest BCUT2D eigenvalue weighted by Gasteiger charge is -2.14. The molecule has 0 aromatic carbocycles. The zero-order valence-electron chi connectivity index (χ0n) is 8.22. The molecule has 0 aromatic rings. The molecule has 2 heteroatoms. The third-order valence-electron chi connectivity index (χ3n) is 1.63. The van der Waals surface area contributed by atoms with Gasteiger partial charge in [-0.3, -0.25) is 4.79 Å². The second kappa shape index (κ2) is 5.95. The predicted molar refractivity (Wildman–Crippen MR) is 50.1 cm³/mol. The maximum absolute atomic E-state index is 11.4. The molecule has 0 aromatic heterocycles. The van der Waals surface area contributed by atoms with E-state index in [0.717, 1.165) is 12.8 Å². The lowest BCUT2D eigenvalue weighted by Crippen LogP contribution is -2.24. The predicted octanol–water partition coefficient (Wildman–Crippen LogP) is 2.34. The summed E-state index contributed by atoms with van der Waals surface area (Å²) in [6, 6.07) is 0. The first-order valence-electron chi connectivity index (χ1n) is 4.44. The third-order valence-corrected chi connectivity index (χ3v) is 1.63. The molecule has 2 nitrogen and oxygen atoms in total. The molecule has 0 aliphatic rings. The molecular formula is C10H18O2. The third kappa shape index (κ3) is 3.67. The molecule has 0 aliphatic heterocycles. The largest absolute Gasteiger partial charge is 0.370 e. The minimum Gasteiger partial charge on any atom is -0.370 e. The molecule has 0 N–H and O–H groups in total. The van der Waals surface area contributed by atoms with Gasteiger partial charge in [0.25, 0.3) is 0 Å². The fourth-order valence-corrected chi connectivity index (χ4v) is 1.03. The highest BCUT2D eigenvalue weighted by Gasteiger charge is 2.17. The van der Waals surface area contributed by atoms with Crippen LogP contribution in [0.1, 0.15) is 33.6 Å². The summed E-state index contributed by atoms with van der Waals surface area (Å²) in [6.45, 7) is 9.86. The standard InChI is InChI=1S/C10H18O2/c1-5-7-9(12-6-2)10(11)8(3)4/h9H,3,5-7H2,1-2,4H3. The minimum absolute atomic E-state index is 0.0405. The zero-order valence-corrected chi connectivity index (χ0v) is 8.22. The molecular weight excluding hydrogens is 152 g/mol. The first kappa shape index (κ1) is 11.4. The summed E-state index contributed by atoms with van der Waals surface area (Å²) in [5, 5.41) is 0. The fraction of sp³-hybridized carbons (Fsp3) is 0.700. The molecule has 0 fully saturated rings. The van der Waals surface area contributed by atoms with Crippen LogP contribution in [0, 0.1) is 0 Å². The molecule has 70 valence electrons. The summed E-state index contributed by atoms with van der Waals surface area (Å²) in [7, 11) is 0. The van der Waals surface area contributed by atoms with Crippen LogP contribution in [0.3, 0.4) is 0 Å². The minimum atomic E-state index is -0.266. The van der Waals surface area contributed by atoms with Crippen LogP contribution in [-0.4, -0.2) is 18.5 Å². The van der Waals surface area contributed by atoms with Crippen LogP contribution < -0.4 is 0 Å². The van der Waals surface area contributed by atoms with Crippen LogP contribution in [0.25, 0.3) is 0 Å². The molecule has 0 saturated carbocycles. The van der Waals surface area contributed by atoms with E-state index in [1.165, 1.54) is 0 Å². The zero-order chi connectivity index (χ0) is 9.56. The first-order chi connectivity index (χ1) is 5.63. The van der Waals surface area contributed by atoms with Gasteiger partial charge in [0.1, 0.15) is 6.10 Å². The molecule has 0 saturated heterocycles. The average molecular weight is 170 g/mol. The number of carbonyl (C=O) groups excluding carboxylic acids is 1. The van der Waals surface area contributed by atoms with E-state index in [1.54, 1.807) is 6.92 Å². The number of Topliss-reactive ketones (excluding diaryl/α,β-unsaturated/α-hetero) is 1. The van der Waals surface area contributed by atoms with Crippen molar-refractivity contribution in [2.75, 3.05) is 6.61 Å². The van der Waals surface area contributed by atoms with Gasteiger partial charge in [-0.05, 0) is 25.8 Å². The highest BCUT2D eigenvalue weighted by Crippen LogP contribution is 2.07. The molecule has 0 amide bonds. The van der Waals surface area contributed by atoms with Crippen molar-refractivity contribution in [1.82, 2.24) is 0 Å². The van der Waals surface area contributed by atoms with E-state index in [4.69, 9.17) is 4.74 Å². The van der Waals surface area contributed by atoms with Gasteiger partial charge in [0, 0.05) is 6.61 Å². The number of hydrogen-bond donors (Lipinski definition) is 0. The second-order valence-corrected chi connectivity index (χ2v) is 2.88. The van der Waals surface area contributed by atoms with Crippen molar-refractivity contribution in [3.8, 4) is 0 Å². The average Bonchev–Trinajstić information content (AvgIpc) is 2.03. The Morgan fingerprint density at radius 2 is 2.08 bits per heavy atom. The Hall–Kier alpha value is -0.630. The number of ketones is 1. The van der Waals surface area contributed by atoms with E-state index in [1.807, 2.05) is 13.8 Å². The molecule has 1 atom stereocenters. The number of carbonyl (C=O) groups is 1. The normalized spacial score (nSPS) is 12.6. The Morgan fingerprint density at radius 1 is 1.50 bits per heavy atom. The summed E-state index contributed by atoms with van der Waals surface area (Å²) < 4.78 is 5.30. The summed E-state index contributed by atoms with van der Waals surface area (Å²) >= 11 is 0. The van der Waals surface area contributed by atoms with Crippen molar-refractivity contribution >= 4 is 5.78 Å². The van der Waals surface area contributed by atoms with Crippen molar-refractivity contribution < 1.29 is 9.53 Å². The summed E-state index contributed by atoms with van der Waals surface area (Å²) in [6.07, 6.45) is 1.49. The molecule has 0 heterocycles. The Morgan fingerprint density at radius 3 is 2.42 bits per heavy atom. The summed E-state index contributed by atoms with van der Waals surface area (Å²) in [5.74, 6) is 0.0405. The lowest BCUT2D eigenvalue weighted by atomic mass is 10.1. The molecule has 0 bridgehead atoms. The van der Waals surface area contributed by atoms with Crippen LogP contribution in [0.4, 0.5) is 0 Å². The summed E-state index contributed by atoms with van der Waals surface area (Å²) in [4.78, 5) is 11.4. The topological polar surface area (TPSA) is 26.3 Å². The van der Waals surface area contributed by atoms with E-state index in [-0.39, 0.29) is 11.9 Å². The van der Waals surface area contributed by atoms with Crippen molar-refractivity contribution in [3.63, 3.8) is 0 Å². The number of hydrogen-bond acceptors (Lipinski definition) is 2. The lowest BCUT2D eigenvalue weighted by molar-refractivity contribution is -0.126. The van der Waals surface area contributed by atoms with E-state index in [0.29, 0.717) is 12.2 Å². The molecule has 1 unspecified atom stereocenters. The van der Waals surface area contributed by atoms with Gasteiger partial charge in [-0.1, -0.05) is 19.9 Å². The number of ether oxygens (including phenoxy) is 1. The Kier molecular flexibility index (Phi) is 5.64. The quantitative estimate of drug-likeness (QED) is 0.572. The molecule has 0 aliphatic carbocycles. The van der Waals surface area contributed by atoms with Crippen LogP contribution in [0.2, 0.25) is 0 Å². The molecule has 0 rings (SSSR count). The van der Waals surface area contributed by atoms with Gasteiger partial charge in [-0.25, -0.2) is 0 Å².